The summed E-state index contributed by atoms with van der Waals surface area (Å²) in [4.78, 5) is 12.5. The third-order valence-electron chi connectivity index (χ3n) is 4.05. The minimum atomic E-state index is -0.109. The van der Waals surface area contributed by atoms with Crippen LogP contribution < -0.4 is 5.32 Å². The first-order valence-corrected chi connectivity index (χ1v) is 7.88. The van der Waals surface area contributed by atoms with Crippen molar-refractivity contribution in [2.45, 2.75) is 45.1 Å². The Bertz CT molecular complexity index is 708. The lowest BCUT2D eigenvalue weighted by molar-refractivity contribution is 0.0947. The molecule has 4 nitrogen and oxygen atoms in total. The Morgan fingerprint density at radius 2 is 2.14 bits per heavy atom. The first-order chi connectivity index (χ1) is 10.5. The molecule has 1 saturated carbocycles. The van der Waals surface area contributed by atoms with Crippen LogP contribution in [0.2, 0.25) is 5.02 Å². The second kappa shape index (κ2) is 5.76. The van der Waals surface area contributed by atoms with Crippen LogP contribution in [-0.2, 0) is 0 Å². The molecule has 1 heterocycles. The molecule has 1 aromatic carbocycles. The van der Waals surface area contributed by atoms with Gasteiger partial charge in [0.05, 0.1) is 5.69 Å². The van der Waals surface area contributed by atoms with Gasteiger partial charge in [0.1, 0.15) is 5.56 Å². The lowest BCUT2D eigenvalue weighted by atomic mass is 10.0. The number of aryl methyl sites for hydroxylation is 1. The van der Waals surface area contributed by atoms with E-state index < -0.39 is 0 Å². The molecule has 2 atom stereocenters. The van der Waals surface area contributed by atoms with E-state index in [1.807, 2.05) is 38.1 Å². The van der Waals surface area contributed by atoms with Gasteiger partial charge in [0.2, 0.25) is 0 Å². The number of rotatable bonds is 4. The van der Waals surface area contributed by atoms with Gasteiger partial charge in [0.15, 0.2) is 5.76 Å². The predicted octanol–water partition coefficient (Wildman–Crippen LogP) is 4.05. The SMILES string of the molecule is Cc1noc(C(C)C)c1C(=O)N[C@H]1C[C@H]1c1ccccc1Cl. The molecule has 1 aliphatic carbocycles. The molecule has 1 N–H and O–H groups in total. The zero-order valence-corrected chi connectivity index (χ0v) is 13.6. The molecule has 1 fully saturated rings. The van der Waals surface area contributed by atoms with Crippen molar-refractivity contribution < 1.29 is 9.32 Å². The number of benzene rings is 1. The molecule has 5 heteroatoms. The summed E-state index contributed by atoms with van der Waals surface area (Å²) in [5, 5.41) is 7.75. The maximum atomic E-state index is 12.5. The number of nitrogens with zero attached hydrogens (tertiary/aromatic N) is 1. The molecule has 0 bridgehead atoms. The van der Waals surface area contributed by atoms with Gasteiger partial charge in [0, 0.05) is 22.9 Å². The number of halogens is 1. The maximum Gasteiger partial charge on any atom is 0.257 e. The summed E-state index contributed by atoms with van der Waals surface area (Å²) in [6.45, 7) is 5.77. The van der Waals surface area contributed by atoms with Crippen LogP contribution in [0, 0.1) is 6.92 Å². The summed E-state index contributed by atoms with van der Waals surface area (Å²) < 4.78 is 5.28. The van der Waals surface area contributed by atoms with Crippen molar-refractivity contribution in [3.05, 3.63) is 51.9 Å². The van der Waals surface area contributed by atoms with Crippen molar-refractivity contribution >= 4 is 17.5 Å². The topological polar surface area (TPSA) is 55.1 Å². The maximum absolute atomic E-state index is 12.5. The third kappa shape index (κ3) is 2.75. The van der Waals surface area contributed by atoms with E-state index in [0.717, 1.165) is 17.0 Å². The summed E-state index contributed by atoms with van der Waals surface area (Å²) >= 11 is 6.21. The average Bonchev–Trinajstić information content (AvgIpc) is 3.10. The van der Waals surface area contributed by atoms with Crippen LogP contribution in [0.15, 0.2) is 28.8 Å². The zero-order valence-electron chi connectivity index (χ0n) is 12.9. The van der Waals surface area contributed by atoms with E-state index in [2.05, 4.69) is 10.5 Å². The Morgan fingerprint density at radius 3 is 2.82 bits per heavy atom. The Balaban J connectivity index is 1.72. The normalized spacial score (nSPS) is 20.2. The van der Waals surface area contributed by atoms with Crippen molar-refractivity contribution in [3.8, 4) is 0 Å². The van der Waals surface area contributed by atoms with Crippen LogP contribution in [0.3, 0.4) is 0 Å². The fourth-order valence-electron chi connectivity index (χ4n) is 2.77. The monoisotopic (exact) mass is 318 g/mol. The summed E-state index contributed by atoms with van der Waals surface area (Å²) in [7, 11) is 0. The molecule has 0 radical (unpaired) electrons. The highest BCUT2D eigenvalue weighted by Gasteiger charge is 2.41. The van der Waals surface area contributed by atoms with Gasteiger partial charge in [-0.1, -0.05) is 48.8 Å². The van der Waals surface area contributed by atoms with Crippen LogP contribution in [0.25, 0.3) is 0 Å². The van der Waals surface area contributed by atoms with Crippen molar-refractivity contribution in [3.63, 3.8) is 0 Å². The van der Waals surface area contributed by atoms with Crippen molar-refractivity contribution in [1.82, 2.24) is 10.5 Å². The first-order valence-electron chi connectivity index (χ1n) is 7.50. The second-order valence-electron chi connectivity index (χ2n) is 6.11. The minimum Gasteiger partial charge on any atom is -0.360 e. The number of hydrogen-bond donors (Lipinski definition) is 1. The number of nitrogens with one attached hydrogen (secondary N) is 1. The van der Waals surface area contributed by atoms with Crippen molar-refractivity contribution in [1.29, 1.82) is 0 Å². The Kier molecular flexibility index (Phi) is 3.96. The standard InChI is InChI=1S/C17H19ClN2O2/c1-9(2)16-15(10(3)20-22-16)17(21)19-14-8-12(14)11-6-4-5-7-13(11)18/h4-7,9,12,14H,8H2,1-3H3,(H,19,21)/t12-,14-/m0/s1. The van der Waals surface area contributed by atoms with Crippen molar-refractivity contribution in [2.75, 3.05) is 0 Å². The summed E-state index contributed by atoms with van der Waals surface area (Å²) in [6, 6.07) is 7.91. The van der Waals surface area contributed by atoms with E-state index in [0.29, 0.717) is 22.9 Å². The number of aromatic nitrogens is 1. The van der Waals surface area contributed by atoms with E-state index >= 15 is 0 Å². The fraction of sp³-hybridized carbons (Fsp3) is 0.412. The summed E-state index contributed by atoms with van der Waals surface area (Å²) in [5.74, 6) is 0.952. The quantitative estimate of drug-likeness (QED) is 0.925. The largest absolute Gasteiger partial charge is 0.360 e. The van der Waals surface area contributed by atoms with Gasteiger partial charge in [-0.15, -0.1) is 0 Å². The van der Waals surface area contributed by atoms with E-state index in [9.17, 15) is 4.79 Å². The smallest absolute Gasteiger partial charge is 0.257 e. The highest BCUT2D eigenvalue weighted by Crippen LogP contribution is 2.43. The molecule has 22 heavy (non-hydrogen) atoms. The van der Waals surface area contributed by atoms with Crippen LogP contribution in [0.5, 0.6) is 0 Å². The zero-order chi connectivity index (χ0) is 15.9. The molecule has 0 spiro atoms. The molecular formula is C17H19ClN2O2. The molecule has 0 saturated heterocycles. The average molecular weight is 319 g/mol. The number of carbonyl (C=O) groups excluding carboxylic acids is 1. The Hall–Kier alpha value is -1.81. The lowest BCUT2D eigenvalue weighted by Gasteiger charge is -2.07. The van der Waals surface area contributed by atoms with Gasteiger partial charge < -0.3 is 9.84 Å². The van der Waals surface area contributed by atoms with Gasteiger partial charge >= 0.3 is 0 Å². The van der Waals surface area contributed by atoms with Crippen LogP contribution in [-0.4, -0.2) is 17.1 Å². The number of amides is 1. The molecule has 1 aliphatic rings. The van der Waals surface area contributed by atoms with Crippen molar-refractivity contribution in [2.24, 2.45) is 0 Å². The van der Waals surface area contributed by atoms with E-state index in [1.54, 1.807) is 6.92 Å². The lowest BCUT2D eigenvalue weighted by Crippen LogP contribution is -2.27. The Morgan fingerprint density at radius 1 is 1.41 bits per heavy atom. The molecule has 3 rings (SSSR count). The predicted molar refractivity (Wildman–Crippen MR) is 85.4 cm³/mol. The minimum absolute atomic E-state index is 0.109. The van der Waals surface area contributed by atoms with Gasteiger partial charge in [-0.3, -0.25) is 4.79 Å². The highest BCUT2D eigenvalue weighted by molar-refractivity contribution is 6.31. The second-order valence-corrected chi connectivity index (χ2v) is 6.51. The molecule has 1 amide bonds. The fourth-order valence-corrected chi connectivity index (χ4v) is 3.05. The summed E-state index contributed by atoms with van der Waals surface area (Å²) in [6.07, 6.45) is 0.914. The molecule has 1 aromatic heterocycles. The van der Waals surface area contributed by atoms with E-state index in [4.69, 9.17) is 16.1 Å². The van der Waals surface area contributed by atoms with E-state index in [-0.39, 0.29) is 17.9 Å². The number of carbonyl (C=O) groups is 1. The Labute approximate surface area is 134 Å². The van der Waals surface area contributed by atoms with Gasteiger partial charge in [-0.2, -0.15) is 0 Å². The molecule has 0 unspecified atom stereocenters. The highest BCUT2D eigenvalue weighted by atomic mass is 35.5. The summed E-state index contributed by atoms with van der Waals surface area (Å²) in [5.41, 5.74) is 2.30. The molecular weight excluding hydrogens is 300 g/mol. The van der Waals surface area contributed by atoms with Gasteiger partial charge in [-0.05, 0) is 25.0 Å². The molecule has 116 valence electrons. The van der Waals surface area contributed by atoms with Gasteiger partial charge in [-0.25, -0.2) is 0 Å². The number of hydrogen-bond acceptors (Lipinski definition) is 3. The van der Waals surface area contributed by atoms with Gasteiger partial charge in [0.25, 0.3) is 5.91 Å². The van der Waals surface area contributed by atoms with Crippen LogP contribution in [0.4, 0.5) is 0 Å². The van der Waals surface area contributed by atoms with Crippen LogP contribution in [0.1, 0.15) is 59.5 Å². The molecule has 2 aromatic rings. The first kappa shape index (κ1) is 15.1. The molecule has 0 aliphatic heterocycles. The van der Waals surface area contributed by atoms with E-state index in [1.165, 1.54) is 0 Å². The third-order valence-corrected chi connectivity index (χ3v) is 4.40. The van der Waals surface area contributed by atoms with Crippen LogP contribution >= 0.6 is 11.6 Å².